The summed E-state index contributed by atoms with van der Waals surface area (Å²) in [7, 11) is 0. The van der Waals surface area contributed by atoms with Gasteiger partial charge >= 0.3 is 0 Å². The van der Waals surface area contributed by atoms with E-state index in [1.807, 2.05) is 31.2 Å². The van der Waals surface area contributed by atoms with Crippen LogP contribution in [0.5, 0.6) is 5.75 Å². The van der Waals surface area contributed by atoms with Crippen LogP contribution < -0.4 is 10.3 Å². The van der Waals surface area contributed by atoms with Gasteiger partial charge in [-0.15, -0.1) is 0 Å². The van der Waals surface area contributed by atoms with E-state index in [1.54, 1.807) is 36.5 Å². The van der Waals surface area contributed by atoms with Gasteiger partial charge in [-0.05, 0) is 35.9 Å². The number of aromatic nitrogens is 2. The van der Waals surface area contributed by atoms with Crippen LogP contribution in [0, 0.1) is 10.1 Å². The highest BCUT2D eigenvalue weighted by Gasteiger charge is 2.11. The number of fused-ring (bicyclic) bond motifs is 1. The Morgan fingerprint density at radius 1 is 1.15 bits per heavy atom. The van der Waals surface area contributed by atoms with Gasteiger partial charge in [-0.25, -0.2) is 4.98 Å². The fraction of sp³-hybridized carbons (Fsp3) is 0.125. The first-order valence-corrected chi connectivity index (χ1v) is 11.0. The Bertz CT molecular complexity index is 1430. The number of ether oxygens (including phenoxy) is 1. The summed E-state index contributed by atoms with van der Waals surface area (Å²) in [6, 6.07) is 18.9. The molecule has 9 heteroatoms. The molecule has 0 radical (unpaired) electrons. The summed E-state index contributed by atoms with van der Waals surface area (Å²) in [5.74, 6) is 1.08. The number of rotatable bonds is 7. The highest BCUT2D eigenvalue weighted by Crippen LogP contribution is 2.20. The molecule has 0 fully saturated rings. The van der Waals surface area contributed by atoms with E-state index in [4.69, 9.17) is 4.74 Å². The van der Waals surface area contributed by atoms with Gasteiger partial charge in [0.05, 0.1) is 22.0 Å². The van der Waals surface area contributed by atoms with Crippen LogP contribution >= 0.6 is 15.9 Å². The van der Waals surface area contributed by atoms with Crippen LogP contribution in [-0.2, 0) is 13.0 Å². The molecule has 0 spiro atoms. The number of halogens is 1. The molecule has 0 bridgehead atoms. The van der Waals surface area contributed by atoms with Crippen molar-refractivity contribution in [3.05, 3.63) is 109 Å². The molecule has 33 heavy (non-hydrogen) atoms. The molecule has 0 aliphatic rings. The average Bonchev–Trinajstić information content (AvgIpc) is 2.83. The summed E-state index contributed by atoms with van der Waals surface area (Å²) in [6.07, 6.45) is 2.08. The number of aryl methyl sites for hydroxylation is 1. The number of nitro benzene ring substituents is 1. The average molecular weight is 507 g/mol. The quantitative estimate of drug-likeness (QED) is 0.197. The van der Waals surface area contributed by atoms with Crippen LogP contribution in [0.15, 0.2) is 81.1 Å². The maximum atomic E-state index is 13.1. The van der Waals surface area contributed by atoms with Crippen LogP contribution in [0.4, 0.5) is 5.69 Å². The van der Waals surface area contributed by atoms with E-state index in [-0.39, 0.29) is 17.9 Å². The number of para-hydroxylation sites is 1. The predicted octanol–water partition coefficient (Wildman–Crippen LogP) is 5.09. The molecule has 0 N–H and O–H groups in total. The maximum Gasteiger partial charge on any atom is 0.282 e. The Morgan fingerprint density at radius 2 is 1.97 bits per heavy atom. The van der Waals surface area contributed by atoms with Gasteiger partial charge in [-0.1, -0.05) is 47.1 Å². The van der Waals surface area contributed by atoms with Crippen LogP contribution in [0.3, 0.4) is 0 Å². The van der Waals surface area contributed by atoms with Crippen LogP contribution in [0.2, 0.25) is 0 Å². The van der Waals surface area contributed by atoms with E-state index >= 15 is 0 Å². The molecular weight excluding hydrogens is 488 g/mol. The minimum Gasteiger partial charge on any atom is -0.488 e. The first-order valence-electron chi connectivity index (χ1n) is 10.2. The van der Waals surface area contributed by atoms with Gasteiger partial charge in [0, 0.05) is 28.6 Å². The molecule has 166 valence electrons. The van der Waals surface area contributed by atoms with E-state index in [0.717, 1.165) is 4.47 Å². The Balaban J connectivity index is 1.64. The van der Waals surface area contributed by atoms with Crippen LogP contribution in [0.1, 0.15) is 23.9 Å². The number of non-ortho nitro benzene ring substituents is 1. The molecule has 4 rings (SSSR count). The topological polar surface area (TPSA) is 99.6 Å². The lowest BCUT2D eigenvalue weighted by atomic mass is 10.2. The molecule has 0 aliphatic carbocycles. The predicted molar refractivity (Wildman–Crippen MR) is 130 cm³/mol. The van der Waals surface area contributed by atoms with Gasteiger partial charge in [0.25, 0.3) is 11.2 Å². The Morgan fingerprint density at radius 3 is 2.76 bits per heavy atom. The van der Waals surface area contributed by atoms with Crippen LogP contribution in [-0.4, -0.2) is 20.8 Å². The summed E-state index contributed by atoms with van der Waals surface area (Å²) in [5, 5.41) is 15.9. The van der Waals surface area contributed by atoms with Crippen molar-refractivity contribution in [1.29, 1.82) is 0 Å². The third kappa shape index (κ3) is 4.98. The van der Waals surface area contributed by atoms with Crippen molar-refractivity contribution in [2.24, 2.45) is 5.10 Å². The Hall–Kier alpha value is -3.85. The third-order valence-corrected chi connectivity index (χ3v) is 5.43. The van der Waals surface area contributed by atoms with Gasteiger partial charge < -0.3 is 4.74 Å². The first kappa shape index (κ1) is 22.3. The second kappa shape index (κ2) is 9.74. The number of hydrogen-bond donors (Lipinski definition) is 0. The highest BCUT2D eigenvalue weighted by atomic mass is 79.9. The van der Waals surface area contributed by atoms with Crippen molar-refractivity contribution in [3.63, 3.8) is 0 Å². The lowest BCUT2D eigenvalue weighted by Gasteiger charge is -2.10. The van der Waals surface area contributed by atoms with Crippen molar-refractivity contribution in [2.75, 3.05) is 0 Å². The molecule has 3 aromatic carbocycles. The van der Waals surface area contributed by atoms with E-state index in [9.17, 15) is 14.9 Å². The standard InChI is InChI=1S/C24H19BrN4O4/c1-2-23-27-21-11-10-18(25)13-20(21)24(30)28(23)26-14-17-7-3-4-9-22(17)33-15-16-6-5-8-19(12-16)29(31)32/h3-14H,2,15H2,1H3. The molecule has 0 saturated carbocycles. The van der Waals surface area contributed by atoms with Gasteiger partial charge in [-0.2, -0.15) is 9.78 Å². The molecule has 0 amide bonds. The second-order valence-corrected chi connectivity index (χ2v) is 8.07. The summed E-state index contributed by atoms with van der Waals surface area (Å²) in [5.41, 5.74) is 1.69. The van der Waals surface area contributed by atoms with Gasteiger partial charge in [0.1, 0.15) is 18.2 Å². The SMILES string of the molecule is CCc1nc2ccc(Br)cc2c(=O)n1N=Cc1ccccc1OCc1cccc([N+](=O)[O-])c1. The van der Waals surface area contributed by atoms with E-state index in [0.29, 0.717) is 40.0 Å². The fourth-order valence-corrected chi connectivity index (χ4v) is 3.66. The van der Waals surface area contributed by atoms with Gasteiger partial charge in [-0.3, -0.25) is 14.9 Å². The number of benzene rings is 3. The molecule has 4 aromatic rings. The summed E-state index contributed by atoms with van der Waals surface area (Å²) >= 11 is 3.39. The maximum absolute atomic E-state index is 13.1. The van der Waals surface area contributed by atoms with E-state index in [1.165, 1.54) is 16.8 Å². The Labute approximate surface area is 197 Å². The van der Waals surface area contributed by atoms with Crippen molar-refractivity contribution in [1.82, 2.24) is 9.66 Å². The van der Waals surface area contributed by atoms with Crippen molar-refractivity contribution < 1.29 is 9.66 Å². The lowest BCUT2D eigenvalue weighted by Crippen LogP contribution is -2.22. The Kier molecular flexibility index (Phi) is 6.60. The lowest BCUT2D eigenvalue weighted by molar-refractivity contribution is -0.384. The molecule has 0 saturated heterocycles. The smallest absolute Gasteiger partial charge is 0.282 e. The van der Waals surface area contributed by atoms with E-state index < -0.39 is 4.92 Å². The molecule has 0 unspecified atom stereocenters. The molecule has 8 nitrogen and oxygen atoms in total. The van der Waals surface area contributed by atoms with Crippen molar-refractivity contribution in [2.45, 2.75) is 20.0 Å². The summed E-state index contributed by atoms with van der Waals surface area (Å²) in [6.45, 7) is 2.06. The minimum atomic E-state index is -0.441. The summed E-state index contributed by atoms with van der Waals surface area (Å²) in [4.78, 5) is 28.2. The van der Waals surface area contributed by atoms with Crippen molar-refractivity contribution >= 4 is 38.7 Å². The monoisotopic (exact) mass is 506 g/mol. The minimum absolute atomic E-state index is 0.00728. The largest absolute Gasteiger partial charge is 0.488 e. The van der Waals surface area contributed by atoms with Gasteiger partial charge in [0.15, 0.2) is 0 Å². The highest BCUT2D eigenvalue weighted by molar-refractivity contribution is 9.10. The second-order valence-electron chi connectivity index (χ2n) is 7.16. The zero-order valence-electron chi connectivity index (χ0n) is 17.6. The summed E-state index contributed by atoms with van der Waals surface area (Å²) < 4.78 is 7.98. The zero-order valence-corrected chi connectivity index (χ0v) is 19.2. The first-order chi connectivity index (χ1) is 16.0. The number of nitrogens with zero attached hydrogens (tertiary/aromatic N) is 4. The number of nitro groups is 1. The van der Waals surface area contributed by atoms with Gasteiger partial charge in [0.2, 0.25) is 0 Å². The van der Waals surface area contributed by atoms with Crippen LogP contribution in [0.25, 0.3) is 10.9 Å². The molecular formula is C24H19BrN4O4. The molecule has 1 heterocycles. The molecule has 0 atom stereocenters. The molecule has 0 aliphatic heterocycles. The van der Waals surface area contributed by atoms with E-state index in [2.05, 4.69) is 26.0 Å². The number of hydrogen-bond acceptors (Lipinski definition) is 6. The fourth-order valence-electron chi connectivity index (χ4n) is 3.30. The molecule has 1 aromatic heterocycles. The normalized spacial score (nSPS) is 11.2. The zero-order chi connectivity index (χ0) is 23.4. The third-order valence-electron chi connectivity index (χ3n) is 4.94. The van der Waals surface area contributed by atoms with Crippen molar-refractivity contribution in [3.8, 4) is 5.75 Å².